The van der Waals surface area contributed by atoms with Gasteiger partial charge in [-0.1, -0.05) is 57.2 Å². The van der Waals surface area contributed by atoms with Crippen LogP contribution < -0.4 is 10.2 Å². The normalized spacial score (nSPS) is 11.3. The second-order valence-electron chi connectivity index (χ2n) is 7.66. The highest BCUT2D eigenvalue weighted by atomic mass is 127. The fourth-order valence-electron chi connectivity index (χ4n) is 2.78. The number of aromatic nitrogens is 3. The summed E-state index contributed by atoms with van der Waals surface area (Å²) in [6.45, 7) is 8.77. The Morgan fingerprint density at radius 2 is 1.75 bits per heavy atom. The SMILES string of the molecule is CC(C)(C)c1ncc(I)c(NCCN(Cc2ccccc2)c2ccccn2)n1. The Hall–Kier alpha value is -2.22. The molecule has 28 heavy (non-hydrogen) atoms. The number of hydrogen-bond donors (Lipinski definition) is 1. The summed E-state index contributed by atoms with van der Waals surface area (Å²) < 4.78 is 1.03. The van der Waals surface area contributed by atoms with Crippen molar-refractivity contribution in [1.82, 2.24) is 15.0 Å². The highest BCUT2D eigenvalue weighted by Gasteiger charge is 2.18. The first-order valence-electron chi connectivity index (χ1n) is 9.40. The first kappa shape index (κ1) is 20.5. The number of anilines is 2. The monoisotopic (exact) mass is 487 g/mol. The van der Waals surface area contributed by atoms with Crippen LogP contribution >= 0.6 is 22.6 Å². The molecular formula is C22H26IN5. The van der Waals surface area contributed by atoms with Gasteiger partial charge in [0, 0.05) is 37.4 Å². The zero-order valence-corrected chi connectivity index (χ0v) is 18.7. The van der Waals surface area contributed by atoms with Crippen LogP contribution in [-0.2, 0) is 12.0 Å². The Bertz CT molecular complexity index is 878. The molecule has 1 N–H and O–H groups in total. The lowest BCUT2D eigenvalue weighted by Crippen LogP contribution is -2.30. The molecule has 0 unspecified atom stereocenters. The van der Waals surface area contributed by atoms with Gasteiger partial charge in [-0.25, -0.2) is 15.0 Å². The van der Waals surface area contributed by atoms with Crippen LogP contribution in [0.15, 0.2) is 60.9 Å². The van der Waals surface area contributed by atoms with Crippen molar-refractivity contribution in [2.24, 2.45) is 0 Å². The van der Waals surface area contributed by atoms with Crippen molar-refractivity contribution in [3.63, 3.8) is 0 Å². The third kappa shape index (κ3) is 5.64. The van der Waals surface area contributed by atoms with Crippen LogP contribution in [0.1, 0.15) is 32.2 Å². The number of hydrogen-bond acceptors (Lipinski definition) is 5. The molecule has 3 aromatic rings. The lowest BCUT2D eigenvalue weighted by Gasteiger charge is -2.24. The Kier molecular flexibility index (Phi) is 6.83. The number of pyridine rings is 1. The van der Waals surface area contributed by atoms with Gasteiger partial charge in [0.2, 0.25) is 0 Å². The highest BCUT2D eigenvalue weighted by Crippen LogP contribution is 2.22. The van der Waals surface area contributed by atoms with Gasteiger partial charge in [0.1, 0.15) is 17.5 Å². The Morgan fingerprint density at radius 1 is 1.00 bits per heavy atom. The molecule has 2 aromatic heterocycles. The highest BCUT2D eigenvalue weighted by molar-refractivity contribution is 14.1. The van der Waals surface area contributed by atoms with E-state index in [2.05, 4.69) is 93.9 Å². The molecule has 0 fully saturated rings. The standard InChI is InChI=1S/C22H26IN5/c1-22(2,3)21-26-15-18(23)20(27-21)25-13-14-28(19-11-7-8-12-24-19)16-17-9-5-4-6-10-17/h4-12,15H,13-14,16H2,1-3H3,(H,25,26,27). The third-order valence-corrected chi connectivity index (χ3v) is 5.07. The quantitative estimate of drug-likeness (QED) is 0.481. The van der Waals surface area contributed by atoms with E-state index < -0.39 is 0 Å². The number of nitrogens with one attached hydrogen (secondary N) is 1. The van der Waals surface area contributed by atoms with Crippen molar-refractivity contribution in [2.75, 3.05) is 23.3 Å². The summed E-state index contributed by atoms with van der Waals surface area (Å²) in [7, 11) is 0. The fraction of sp³-hybridized carbons (Fsp3) is 0.318. The Balaban J connectivity index is 1.70. The van der Waals surface area contributed by atoms with Crippen molar-refractivity contribution in [3.05, 3.63) is 75.9 Å². The van der Waals surface area contributed by atoms with Gasteiger partial charge in [0.05, 0.1) is 3.57 Å². The van der Waals surface area contributed by atoms with Crippen LogP contribution in [0, 0.1) is 3.57 Å². The van der Waals surface area contributed by atoms with Crippen LogP contribution in [0.3, 0.4) is 0 Å². The maximum atomic E-state index is 4.73. The van der Waals surface area contributed by atoms with Gasteiger partial charge in [-0.3, -0.25) is 0 Å². The third-order valence-electron chi connectivity index (χ3n) is 4.28. The zero-order valence-electron chi connectivity index (χ0n) is 16.6. The van der Waals surface area contributed by atoms with E-state index in [1.165, 1.54) is 5.56 Å². The van der Waals surface area contributed by atoms with Gasteiger partial charge in [-0.15, -0.1) is 0 Å². The molecule has 0 aliphatic carbocycles. The first-order chi connectivity index (χ1) is 13.4. The minimum Gasteiger partial charge on any atom is -0.367 e. The number of benzene rings is 1. The van der Waals surface area contributed by atoms with Crippen molar-refractivity contribution in [1.29, 1.82) is 0 Å². The van der Waals surface area contributed by atoms with Gasteiger partial charge in [-0.2, -0.15) is 0 Å². The lowest BCUT2D eigenvalue weighted by atomic mass is 9.96. The summed E-state index contributed by atoms with van der Waals surface area (Å²) in [6.07, 6.45) is 3.72. The van der Waals surface area contributed by atoms with Crippen molar-refractivity contribution in [2.45, 2.75) is 32.7 Å². The van der Waals surface area contributed by atoms with E-state index in [9.17, 15) is 0 Å². The molecule has 0 aliphatic heterocycles. The molecule has 0 spiro atoms. The average Bonchev–Trinajstić information content (AvgIpc) is 2.69. The van der Waals surface area contributed by atoms with E-state index >= 15 is 0 Å². The van der Waals surface area contributed by atoms with E-state index in [0.717, 1.165) is 40.7 Å². The molecule has 0 atom stereocenters. The molecule has 0 aliphatic rings. The first-order valence-corrected chi connectivity index (χ1v) is 10.5. The smallest absolute Gasteiger partial charge is 0.143 e. The summed E-state index contributed by atoms with van der Waals surface area (Å²) in [6, 6.07) is 16.5. The molecule has 146 valence electrons. The predicted molar refractivity (Wildman–Crippen MR) is 124 cm³/mol. The van der Waals surface area contributed by atoms with Gasteiger partial charge < -0.3 is 10.2 Å². The summed E-state index contributed by atoms with van der Waals surface area (Å²) >= 11 is 2.28. The van der Waals surface area contributed by atoms with E-state index in [1.54, 1.807) is 0 Å². The number of halogens is 1. The molecule has 0 saturated heterocycles. The van der Waals surface area contributed by atoms with Gasteiger partial charge in [-0.05, 0) is 40.3 Å². The summed E-state index contributed by atoms with van der Waals surface area (Å²) in [5.41, 5.74) is 1.19. The zero-order chi connectivity index (χ0) is 20.0. The molecule has 1 aromatic carbocycles. The van der Waals surface area contributed by atoms with Gasteiger partial charge in [0.15, 0.2) is 0 Å². The minimum atomic E-state index is -0.0753. The Morgan fingerprint density at radius 3 is 2.43 bits per heavy atom. The van der Waals surface area contributed by atoms with E-state index in [1.807, 2.05) is 30.6 Å². The lowest BCUT2D eigenvalue weighted by molar-refractivity contribution is 0.545. The minimum absolute atomic E-state index is 0.0753. The van der Waals surface area contributed by atoms with Crippen LogP contribution in [0.2, 0.25) is 0 Å². The second kappa shape index (κ2) is 9.32. The molecule has 0 amide bonds. The summed E-state index contributed by atoms with van der Waals surface area (Å²) in [5.74, 6) is 2.71. The van der Waals surface area contributed by atoms with Crippen LogP contribution in [0.4, 0.5) is 11.6 Å². The molecular weight excluding hydrogens is 461 g/mol. The molecule has 0 radical (unpaired) electrons. The molecule has 2 heterocycles. The average molecular weight is 487 g/mol. The maximum absolute atomic E-state index is 4.73. The molecule has 6 heteroatoms. The van der Waals surface area contributed by atoms with Crippen molar-refractivity contribution in [3.8, 4) is 0 Å². The van der Waals surface area contributed by atoms with Gasteiger partial charge in [0.25, 0.3) is 0 Å². The van der Waals surface area contributed by atoms with Gasteiger partial charge >= 0.3 is 0 Å². The number of rotatable bonds is 7. The predicted octanol–water partition coefficient (Wildman–Crippen LogP) is 4.89. The van der Waals surface area contributed by atoms with E-state index in [4.69, 9.17) is 4.98 Å². The van der Waals surface area contributed by atoms with E-state index in [0.29, 0.717) is 0 Å². The summed E-state index contributed by atoms with van der Waals surface area (Å²) in [5, 5.41) is 3.48. The molecule has 3 rings (SSSR count). The second-order valence-corrected chi connectivity index (χ2v) is 8.82. The largest absolute Gasteiger partial charge is 0.367 e. The molecule has 0 bridgehead atoms. The van der Waals surface area contributed by atoms with Crippen molar-refractivity contribution < 1.29 is 0 Å². The Labute approximate surface area is 180 Å². The van der Waals surface area contributed by atoms with Crippen LogP contribution in [0.5, 0.6) is 0 Å². The fourth-order valence-corrected chi connectivity index (χ4v) is 3.23. The molecule has 5 nitrogen and oxygen atoms in total. The van der Waals surface area contributed by atoms with Crippen LogP contribution in [-0.4, -0.2) is 28.0 Å². The number of nitrogens with zero attached hydrogens (tertiary/aromatic N) is 4. The summed E-state index contributed by atoms with van der Waals surface area (Å²) in [4.78, 5) is 16.0. The molecule has 0 saturated carbocycles. The maximum Gasteiger partial charge on any atom is 0.143 e. The topological polar surface area (TPSA) is 53.9 Å². The van der Waals surface area contributed by atoms with E-state index in [-0.39, 0.29) is 5.41 Å². The van der Waals surface area contributed by atoms with Crippen LogP contribution in [0.25, 0.3) is 0 Å². The van der Waals surface area contributed by atoms with Crippen molar-refractivity contribution >= 4 is 34.2 Å².